The Morgan fingerprint density at radius 2 is 1.83 bits per heavy atom. The van der Waals surface area contributed by atoms with E-state index in [-0.39, 0.29) is 23.9 Å². The SMILES string of the molecule is CCCCn1c(N)c(N(C)C(=O)COc2ccc(C(=O)CC)cc2)c(=O)[nH]c1=O. The molecule has 0 saturated heterocycles. The van der Waals surface area contributed by atoms with Crippen LogP contribution in [0, 0.1) is 0 Å². The molecule has 0 atom stereocenters. The first kappa shape index (κ1) is 21.9. The van der Waals surface area contributed by atoms with E-state index in [0.717, 1.165) is 11.3 Å². The van der Waals surface area contributed by atoms with Crippen molar-refractivity contribution in [2.45, 2.75) is 39.7 Å². The average Bonchev–Trinajstić information content (AvgIpc) is 2.71. The van der Waals surface area contributed by atoms with Crippen molar-refractivity contribution in [3.8, 4) is 5.75 Å². The van der Waals surface area contributed by atoms with E-state index >= 15 is 0 Å². The second kappa shape index (κ2) is 9.72. The zero-order valence-electron chi connectivity index (χ0n) is 16.9. The molecule has 0 bridgehead atoms. The van der Waals surface area contributed by atoms with E-state index in [4.69, 9.17) is 10.5 Å². The predicted octanol–water partition coefficient (Wildman–Crippen LogP) is 1.55. The number of hydrogen-bond acceptors (Lipinski definition) is 6. The van der Waals surface area contributed by atoms with Gasteiger partial charge in [0, 0.05) is 25.6 Å². The van der Waals surface area contributed by atoms with Crippen molar-refractivity contribution >= 4 is 23.2 Å². The molecule has 9 heteroatoms. The van der Waals surface area contributed by atoms with E-state index in [0.29, 0.717) is 30.7 Å². The number of nitrogens with zero attached hydrogens (tertiary/aromatic N) is 2. The van der Waals surface area contributed by atoms with Gasteiger partial charge < -0.3 is 15.4 Å². The Bertz CT molecular complexity index is 991. The normalized spacial score (nSPS) is 10.6. The molecule has 29 heavy (non-hydrogen) atoms. The van der Waals surface area contributed by atoms with Gasteiger partial charge in [0.05, 0.1) is 0 Å². The summed E-state index contributed by atoms with van der Waals surface area (Å²) in [5.74, 6) is -0.156. The fraction of sp³-hybridized carbons (Fsp3) is 0.400. The number of unbranched alkanes of at least 4 members (excludes halogenated alkanes) is 1. The van der Waals surface area contributed by atoms with Crippen LogP contribution in [0.4, 0.5) is 11.5 Å². The van der Waals surface area contributed by atoms with Crippen LogP contribution in [0.2, 0.25) is 0 Å². The molecular formula is C20H26N4O5. The number of nitrogens with one attached hydrogen (secondary N) is 1. The number of likely N-dealkylation sites (N-methyl/N-ethyl adjacent to an activating group) is 1. The Kier molecular flexibility index (Phi) is 7.35. The first-order chi connectivity index (χ1) is 13.8. The van der Waals surface area contributed by atoms with Crippen LogP contribution < -0.4 is 26.6 Å². The van der Waals surface area contributed by atoms with Crippen LogP contribution in [0.3, 0.4) is 0 Å². The maximum Gasteiger partial charge on any atom is 0.330 e. The fourth-order valence-corrected chi connectivity index (χ4v) is 2.75. The number of aromatic amines is 1. The third kappa shape index (κ3) is 5.13. The molecule has 0 aliphatic heterocycles. The summed E-state index contributed by atoms with van der Waals surface area (Å²) in [6.07, 6.45) is 1.94. The molecule has 2 rings (SSSR count). The third-order valence-electron chi connectivity index (χ3n) is 4.52. The molecular weight excluding hydrogens is 376 g/mol. The van der Waals surface area contributed by atoms with E-state index in [1.165, 1.54) is 11.6 Å². The average molecular weight is 402 g/mol. The van der Waals surface area contributed by atoms with Crippen molar-refractivity contribution in [2.75, 3.05) is 24.3 Å². The molecule has 1 amide bonds. The highest BCUT2D eigenvalue weighted by Crippen LogP contribution is 2.17. The summed E-state index contributed by atoms with van der Waals surface area (Å²) in [5, 5.41) is 0. The van der Waals surface area contributed by atoms with Gasteiger partial charge in [-0.05, 0) is 30.7 Å². The largest absolute Gasteiger partial charge is 0.484 e. The van der Waals surface area contributed by atoms with Crippen molar-refractivity contribution in [2.24, 2.45) is 0 Å². The number of Topliss-reactive ketones (excluding diaryl/α,β-unsaturated/α-hetero) is 1. The summed E-state index contributed by atoms with van der Waals surface area (Å²) in [5.41, 5.74) is 5.13. The Morgan fingerprint density at radius 1 is 1.17 bits per heavy atom. The standard InChI is InChI=1S/C20H26N4O5/c1-4-6-11-24-18(21)17(19(27)22-20(24)28)23(3)16(26)12-29-14-9-7-13(8-10-14)15(25)5-2/h7-10H,4-6,11-12,21H2,1-3H3,(H,22,27,28). The number of hydrogen-bond donors (Lipinski definition) is 2. The maximum absolute atomic E-state index is 12.5. The second-order valence-electron chi connectivity index (χ2n) is 6.54. The second-order valence-corrected chi connectivity index (χ2v) is 6.54. The van der Waals surface area contributed by atoms with Crippen molar-refractivity contribution < 1.29 is 14.3 Å². The van der Waals surface area contributed by atoms with Crippen LogP contribution in [0.25, 0.3) is 0 Å². The molecule has 2 aromatic rings. The molecule has 0 unspecified atom stereocenters. The summed E-state index contributed by atoms with van der Waals surface area (Å²) >= 11 is 0. The summed E-state index contributed by atoms with van der Waals surface area (Å²) in [6, 6.07) is 6.45. The zero-order valence-corrected chi connectivity index (χ0v) is 16.9. The molecule has 0 aliphatic carbocycles. The lowest BCUT2D eigenvalue weighted by Gasteiger charge is -2.20. The number of nitrogens with two attached hydrogens (primary N) is 1. The number of ether oxygens (including phenoxy) is 1. The topological polar surface area (TPSA) is 127 Å². The minimum absolute atomic E-state index is 0.0141. The number of H-pyrrole nitrogens is 1. The summed E-state index contributed by atoms with van der Waals surface area (Å²) < 4.78 is 6.70. The molecule has 0 fully saturated rings. The number of carbonyl (C=O) groups excluding carboxylic acids is 2. The Hall–Kier alpha value is -3.36. The van der Waals surface area contributed by atoms with Crippen molar-refractivity contribution in [3.05, 3.63) is 50.7 Å². The third-order valence-corrected chi connectivity index (χ3v) is 4.52. The van der Waals surface area contributed by atoms with Crippen LogP contribution >= 0.6 is 0 Å². The highest BCUT2D eigenvalue weighted by Gasteiger charge is 2.21. The lowest BCUT2D eigenvalue weighted by atomic mass is 10.1. The number of benzene rings is 1. The van der Waals surface area contributed by atoms with Crippen LogP contribution in [-0.4, -0.2) is 34.9 Å². The lowest BCUT2D eigenvalue weighted by Crippen LogP contribution is -2.40. The van der Waals surface area contributed by atoms with Crippen LogP contribution in [0.1, 0.15) is 43.5 Å². The molecule has 156 valence electrons. The van der Waals surface area contributed by atoms with Gasteiger partial charge in [0.1, 0.15) is 11.6 Å². The number of anilines is 2. The first-order valence-corrected chi connectivity index (χ1v) is 9.45. The number of ketones is 1. The van der Waals surface area contributed by atoms with E-state index in [2.05, 4.69) is 4.98 Å². The Labute approximate surface area is 168 Å². The molecule has 0 saturated carbocycles. The minimum Gasteiger partial charge on any atom is -0.484 e. The van der Waals surface area contributed by atoms with E-state index in [1.807, 2.05) is 6.92 Å². The van der Waals surface area contributed by atoms with E-state index in [9.17, 15) is 19.2 Å². The predicted molar refractivity (Wildman–Crippen MR) is 111 cm³/mol. The van der Waals surface area contributed by atoms with Gasteiger partial charge >= 0.3 is 5.69 Å². The van der Waals surface area contributed by atoms with Crippen LogP contribution in [-0.2, 0) is 11.3 Å². The maximum atomic E-state index is 12.5. The van der Waals surface area contributed by atoms with Crippen LogP contribution in [0.5, 0.6) is 5.75 Å². The first-order valence-electron chi connectivity index (χ1n) is 9.45. The molecule has 0 spiro atoms. The van der Waals surface area contributed by atoms with Gasteiger partial charge in [-0.15, -0.1) is 0 Å². The molecule has 9 nitrogen and oxygen atoms in total. The highest BCUT2D eigenvalue weighted by atomic mass is 16.5. The number of aromatic nitrogens is 2. The highest BCUT2D eigenvalue weighted by molar-refractivity contribution is 5.96. The van der Waals surface area contributed by atoms with Gasteiger partial charge in [-0.25, -0.2) is 4.79 Å². The van der Waals surface area contributed by atoms with Gasteiger partial charge in [0.2, 0.25) is 0 Å². The number of amides is 1. The zero-order chi connectivity index (χ0) is 21.6. The Morgan fingerprint density at radius 3 is 2.41 bits per heavy atom. The molecule has 3 N–H and O–H groups in total. The number of nitrogen functional groups attached to an aromatic ring is 1. The van der Waals surface area contributed by atoms with Gasteiger partial charge in [-0.2, -0.15) is 0 Å². The number of rotatable bonds is 9. The van der Waals surface area contributed by atoms with Crippen LogP contribution in [0.15, 0.2) is 33.9 Å². The van der Waals surface area contributed by atoms with Gasteiger partial charge in [-0.3, -0.25) is 23.9 Å². The quantitative estimate of drug-likeness (QED) is 0.613. The summed E-state index contributed by atoms with van der Waals surface area (Å²) in [7, 11) is 1.39. The van der Waals surface area contributed by atoms with E-state index < -0.39 is 17.2 Å². The van der Waals surface area contributed by atoms with Crippen molar-refractivity contribution in [1.82, 2.24) is 9.55 Å². The molecule has 0 radical (unpaired) electrons. The summed E-state index contributed by atoms with van der Waals surface area (Å²) in [4.78, 5) is 51.6. The van der Waals surface area contributed by atoms with E-state index in [1.54, 1.807) is 31.2 Å². The monoisotopic (exact) mass is 402 g/mol. The number of carbonyl (C=O) groups is 2. The smallest absolute Gasteiger partial charge is 0.330 e. The molecule has 1 aromatic carbocycles. The Balaban J connectivity index is 2.15. The summed E-state index contributed by atoms with van der Waals surface area (Å²) in [6.45, 7) is 3.74. The molecule has 0 aliphatic rings. The van der Waals surface area contributed by atoms with Crippen molar-refractivity contribution in [3.63, 3.8) is 0 Å². The van der Waals surface area contributed by atoms with Crippen molar-refractivity contribution in [1.29, 1.82) is 0 Å². The minimum atomic E-state index is -0.737. The molecule has 1 heterocycles. The van der Waals surface area contributed by atoms with Gasteiger partial charge in [0.15, 0.2) is 18.1 Å². The van der Waals surface area contributed by atoms with Gasteiger partial charge in [-0.1, -0.05) is 20.3 Å². The lowest BCUT2D eigenvalue weighted by molar-refractivity contribution is -0.120. The molecule has 1 aromatic heterocycles. The van der Waals surface area contributed by atoms with Gasteiger partial charge in [0.25, 0.3) is 11.5 Å². The fourth-order valence-electron chi connectivity index (χ4n) is 2.75.